The molecule has 78 valence electrons. The molecular formula is C8H5F2N3O2. The normalized spacial score (nSPS) is 11.1. The summed E-state index contributed by atoms with van der Waals surface area (Å²) < 4.78 is 25.2. The van der Waals surface area contributed by atoms with Crippen molar-refractivity contribution in [2.24, 2.45) is 0 Å². The Morgan fingerprint density at radius 2 is 2.07 bits per heavy atom. The molecule has 0 N–H and O–H groups in total. The first kappa shape index (κ1) is 9.50. The van der Waals surface area contributed by atoms with Crippen molar-refractivity contribution in [3.63, 3.8) is 0 Å². The molecule has 1 heterocycles. The van der Waals surface area contributed by atoms with Gasteiger partial charge in [-0.15, -0.1) is 4.68 Å². The number of hydrogen-bond acceptors (Lipinski definition) is 3. The second kappa shape index (κ2) is 3.26. The fourth-order valence-corrected chi connectivity index (χ4v) is 1.36. The molecule has 7 heteroatoms. The molecule has 0 amide bonds. The van der Waals surface area contributed by atoms with Gasteiger partial charge in [-0.25, -0.2) is 0 Å². The van der Waals surface area contributed by atoms with E-state index in [1.54, 1.807) is 0 Å². The van der Waals surface area contributed by atoms with Crippen molar-refractivity contribution in [2.45, 2.75) is 6.55 Å². The number of benzene rings is 1. The maximum absolute atomic E-state index is 12.5. The van der Waals surface area contributed by atoms with Crippen LogP contribution < -0.4 is 0 Å². The van der Waals surface area contributed by atoms with Crippen LogP contribution in [0.2, 0.25) is 0 Å². The van der Waals surface area contributed by atoms with Crippen LogP contribution in [0.5, 0.6) is 0 Å². The highest BCUT2D eigenvalue weighted by molar-refractivity contribution is 5.86. The number of aromatic nitrogens is 2. The van der Waals surface area contributed by atoms with Crippen molar-refractivity contribution in [3.8, 4) is 0 Å². The minimum absolute atomic E-state index is 0.0548. The summed E-state index contributed by atoms with van der Waals surface area (Å²) in [5.74, 6) is -0.550. The van der Waals surface area contributed by atoms with Gasteiger partial charge in [0.05, 0.1) is 5.10 Å². The largest absolute Gasteiger partial charge is 0.398 e. The summed E-state index contributed by atoms with van der Waals surface area (Å²) in [6.45, 7) is -2.89. The average molecular weight is 213 g/mol. The van der Waals surface area contributed by atoms with Crippen LogP contribution in [0.15, 0.2) is 24.3 Å². The Morgan fingerprint density at radius 3 is 2.67 bits per heavy atom. The summed E-state index contributed by atoms with van der Waals surface area (Å²) >= 11 is 0. The van der Waals surface area contributed by atoms with E-state index in [9.17, 15) is 18.9 Å². The van der Waals surface area contributed by atoms with Crippen LogP contribution in [-0.4, -0.2) is 14.7 Å². The Kier molecular flexibility index (Phi) is 2.07. The first-order valence-electron chi connectivity index (χ1n) is 4.01. The minimum atomic E-state index is -2.89. The van der Waals surface area contributed by atoms with Crippen LogP contribution in [0, 0.1) is 10.1 Å². The van der Waals surface area contributed by atoms with Gasteiger partial charge in [-0.2, -0.15) is 8.78 Å². The van der Waals surface area contributed by atoms with Gasteiger partial charge >= 0.3 is 12.4 Å². The molecule has 0 aliphatic rings. The van der Waals surface area contributed by atoms with Gasteiger partial charge in [0, 0.05) is 0 Å². The number of fused-ring (bicyclic) bond motifs is 1. The van der Waals surface area contributed by atoms with Crippen molar-refractivity contribution in [1.82, 2.24) is 9.78 Å². The van der Waals surface area contributed by atoms with Crippen molar-refractivity contribution >= 4 is 16.7 Å². The lowest BCUT2D eigenvalue weighted by molar-refractivity contribution is -0.388. The molecule has 0 fully saturated rings. The monoisotopic (exact) mass is 213 g/mol. The molecule has 0 saturated carbocycles. The standard InChI is InChI=1S/C8H5F2N3O2/c9-8(10)12-6-4-2-1-3-5(6)7(11-12)13(14)15/h1-4,8H. The van der Waals surface area contributed by atoms with Gasteiger partial charge in [-0.1, -0.05) is 12.1 Å². The van der Waals surface area contributed by atoms with E-state index in [1.165, 1.54) is 24.3 Å². The van der Waals surface area contributed by atoms with Crippen LogP contribution in [0.25, 0.3) is 10.9 Å². The topological polar surface area (TPSA) is 61.0 Å². The Labute approximate surface area is 82.1 Å². The van der Waals surface area contributed by atoms with E-state index in [0.717, 1.165) is 0 Å². The van der Waals surface area contributed by atoms with E-state index < -0.39 is 17.3 Å². The average Bonchev–Trinajstić information content (AvgIpc) is 2.56. The predicted molar refractivity (Wildman–Crippen MR) is 47.6 cm³/mol. The fraction of sp³-hybridized carbons (Fsp3) is 0.125. The number of rotatable bonds is 2. The quantitative estimate of drug-likeness (QED) is 0.568. The summed E-state index contributed by atoms with van der Waals surface area (Å²) in [6.07, 6.45) is 0. The summed E-state index contributed by atoms with van der Waals surface area (Å²) in [5, 5.41) is 13.9. The predicted octanol–water partition coefficient (Wildman–Crippen LogP) is 2.34. The molecule has 1 aromatic heterocycles. The van der Waals surface area contributed by atoms with Gasteiger partial charge in [0.25, 0.3) is 0 Å². The Bertz CT molecular complexity index is 524. The molecule has 0 spiro atoms. The summed E-state index contributed by atoms with van der Waals surface area (Å²) in [5.41, 5.74) is 0.0548. The first-order chi connectivity index (χ1) is 7.11. The summed E-state index contributed by atoms with van der Waals surface area (Å²) in [7, 11) is 0. The molecule has 0 aliphatic carbocycles. The molecule has 0 bridgehead atoms. The third-order valence-electron chi connectivity index (χ3n) is 1.95. The molecule has 0 radical (unpaired) electrons. The summed E-state index contributed by atoms with van der Waals surface area (Å²) in [4.78, 5) is 9.76. The zero-order valence-corrected chi connectivity index (χ0v) is 7.30. The molecule has 2 aromatic rings. The second-order valence-corrected chi connectivity index (χ2v) is 2.82. The van der Waals surface area contributed by atoms with Crippen molar-refractivity contribution in [2.75, 3.05) is 0 Å². The van der Waals surface area contributed by atoms with Crippen LogP contribution >= 0.6 is 0 Å². The fourth-order valence-electron chi connectivity index (χ4n) is 1.36. The molecule has 0 atom stereocenters. The van der Waals surface area contributed by atoms with E-state index in [1.807, 2.05) is 0 Å². The number of halogens is 2. The van der Waals surface area contributed by atoms with E-state index in [2.05, 4.69) is 5.10 Å². The first-order valence-corrected chi connectivity index (χ1v) is 4.01. The molecule has 0 saturated heterocycles. The van der Waals surface area contributed by atoms with E-state index >= 15 is 0 Å². The van der Waals surface area contributed by atoms with Crippen molar-refractivity contribution in [1.29, 1.82) is 0 Å². The number of para-hydroxylation sites is 1. The second-order valence-electron chi connectivity index (χ2n) is 2.82. The van der Waals surface area contributed by atoms with Gasteiger partial charge in [0.15, 0.2) is 0 Å². The van der Waals surface area contributed by atoms with Crippen LogP contribution in [0.3, 0.4) is 0 Å². The smallest absolute Gasteiger partial charge is 0.358 e. The number of nitrogens with zero attached hydrogens (tertiary/aromatic N) is 3. The zero-order valence-electron chi connectivity index (χ0n) is 7.30. The molecule has 5 nitrogen and oxygen atoms in total. The van der Waals surface area contributed by atoms with Gasteiger partial charge in [0.1, 0.15) is 10.9 Å². The molecule has 0 aliphatic heterocycles. The van der Waals surface area contributed by atoms with Gasteiger partial charge in [-0.05, 0) is 17.1 Å². The Balaban J connectivity index is 2.79. The zero-order chi connectivity index (χ0) is 11.0. The van der Waals surface area contributed by atoms with Crippen LogP contribution in [0.4, 0.5) is 14.6 Å². The van der Waals surface area contributed by atoms with Crippen LogP contribution in [-0.2, 0) is 0 Å². The Morgan fingerprint density at radius 1 is 1.40 bits per heavy atom. The summed E-state index contributed by atoms with van der Waals surface area (Å²) in [6, 6.07) is 5.81. The highest BCUT2D eigenvalue weighted by Crippen LogP contribution is 2.27. The molecule has 15 heavy (non-hydrogen) atoms. The minimum Gasteiger partial charge on any atom is -0.358 e. The Hall–Kier alpha value is -2.05. The molecular weight excluding hydrogens is 208 g/mol. The highest BCUT2D eigenvalue weighted by Gasteiger charge is 2.24. The van der Waals surface area contributed by atoms with E-state index in [0.29, 0.717) is 4.68 Å². The lowest BCUT2D eigenvalue weighted by Crippen LogP contribution is -2.00. The van der Waals surface area contributed by atoms with Gasteiger partial charge in [0.2, 0.25) is 0 Å². The molecule has 1 aromatic carbocycles. The maximum atomic E-state index is 12.5. The third-order valence-corrected chi connectivity index (χ3v) is 1.95. The molecule has 0 unspecified atom stereocenters. The SMILES string of the molecule is O=[N+]([O-])c1nn(C(F)F)c2ccccc12. The number of nitro groups is 1. The number of hydrogen-bond donors (Lipinski definition) is 0. The third kappa shape index (κ3) is 1.41. The highest BCUT2D eigenvalue weighted by atomic mass is 19.3. The lowest BCUT2D eigenvalue weighted by Gasteiger charge is -1.93. The van der Waals surface area contributed by atoms with E-state index in [4.69, 9.17) is 0 Å². The molecule has 2 rings (SSSR count). The van der Waals surface area contributed by atoms with Crippen molar-refractivity contribution in [3.05, 3.63) is 34.4 Å². The maximum Gasteiger partial charge on any atom is 0.398 e. The van der Waals surface area contributed by atoms with Crippen molar-refractivity contribution < 1.29 is 13.7 Å². The van der Waals surface area contributed by atoms with Crippen LogP contribution in [0.1, 0.15) is 6.55 Å². The van der Waals surface area contributed by atoms with Gasteiger partial charge in [-0.3, -0.25) is 0 Å². The van der Waals surface area contributed by atoms with Gasteiger partial charge < -0.3 is 10.1 Å². The number of alkyl halides is 2. The lowest BCUT2D eigenvalue weighted by atomic mass is 10.2. The van der Waals surface area contributed by atoms with E-state index in [-0.39, 0.29) is 10.9 Å².